The Kier molecular flexibility index (Phi) is 1.74. The van der Waals surface area contributed by atoms with Gasteiger partial charge in [-0.05, 0) is 31.1 Å². The lowest BCUT2D eigenvalue weighted by molar-refractivity contribution is 0.602. The van der Waals surface area contributed by atoms with Gasteiger partial charge in [-0.15, -0.1) is 0 Å². The largest absolute Gasteiger partial charge is 0.370 e. The van der Waals surface area contributed by atoms with Crippen LogP contribution in [0.1, 0.15) is 19.3 Å². The van der Waals surface area contributed by atoms with Crippen molar-refractivity contribution in [3.63, 3.8) is 0 Å². The van der Waals surface area contributed by atoms with Crippen LogP contribution in [0.2, 0.25) is 0 Å². The summed E-state index contributed by atoms with van der Waals surface area (Å²) in [6.07, 6.45) is 4.14. The van der Waals surface area contributed by atoms with Crippen LogP contribution in [0.5, 0.6) is 0 Å². The molecule has 3 nitrogen and oxygen atoms in total. The molecule has 2 N–H and O–H groups in total. The molecule has 0 saturated heterocycles. The number of hydrogen-bond acceptors (Lipinski definition) is 1. The highest BCUT2D eigenvalue weighted by Crippen LogP contribution is 2.51. The quantitative estimate of drug-likeness (QED) is 0.485. The molecule has 0 aliphatic heterocycles. The zero-order valence-corrected chi connectivity index (χ0v) is 7.83. The topological polar surface area (TPSA) is 41.6 Å². The molecule has 0 aromatic carbocycles. The van der Waals surface area contributed by atoms with Gasteiger partial charge in [0, 0.05) is 14.1 Å². The van der Waals surface area contributed by atoms with Crippen LogP contribution in [0.4, 0.5) is 0 Å². The van der Waals surface area contributed by atoms with E-state index in [2.05, 4.69) is 4.99 Å². The fourth-order valence-corrected chi connectivity index (χ4v) is 1.67. The summed E-state index contributed by atoms with van der Waals surface area (Å²) in [4.78, 5) is 6.33. The van der Waals surface area contributed by atoms with Crippen molar-refractivity contribution in [3.05, 3.63) is 0 Å². The van der Waals surface area contributed by atoms with Crippen molar-refractivity contribution in [1.82, 2.24) is 4.90 Å². The third kappa shape index (κ3) is 1.54. The normalized spacial score (nSPS) is 35.0. The van der Waals surface area contributed by atoms with E-state index in [0.29, 0.717) is 12.0 Å². The van der Waals surface area contributed by atoms with Crippen molar-refractivity contribution in [2.75, 3.05) is 14.1 Å². The molecule has 3 heteroatoms. The molecular weight excluding hydrogens is 150 g/mol. The van der Waals surface area contributed by atoms with Crippen LogP contribution in [0.25, 0.3) is 0 Å². The molecule has 0 heterocycles. The summed E-state index contributed by atoms with van der Waals surface area (Å²) in [6, 6.07) is 0.555. The molecule has 2 aliphatic rings. The van der Waals surface area contributed by atoms with Gasteiger partial charge in [-0.25, -0.2) is 4.99 Å². The van der Waals surface area contributed by atoms with Crippen LogP contribution >= 0.6 is 0 Å². The summed E-state index contributed by atoms with van der Waals surface area (Å²) < 4.78 is 0. The zero-order chi connectivity index (χ0) is 8.72. The van der Waals surface area contributed by atoms with Gasteiger partial charge in [0.05, 0.1) is 6.04 Å². The first-order valence-electron chi connectivity index (χ1n) is 4.69. The minimum Gasteiger partial charge on any atom is -0.370 e. The van der Waals surface area contributed by atoms with Crippen molar-refractivity contribution >= 4 is 5.96 Å². The molecule has 2 saturated carbocycles. The number of aliphatic imine (C=N–C) groups is 1. The van der Waals surface area contributed by atoms with Crippen molar-refractivity contribution in [2.24, 2.45) is 22.6 Å². The second kappa shape index (κ2) is 2.64. The van der Waals surface area contributed by atoms with Gasteiger partial charge in [0.25, 0.3) is 0 Å². The van der Waals surface area contributed by atoms with Crippen LogP contribution in [0.3, 0.4) is 0 Å². The van der Waals surface area contributed by atoms with Gasteiger partial charge >= 0.3 is 0 Å². The monoisotopic (exact) mass is 167 g/mol. The van der Waals surface area contributed by atoms with Crippen LogP contribution < -0.4 is 5.73 Å². The molecule has 68 valence electrons. The van der Waals surface area contributed by atoms with E-state index in [9.17, 15) is 0 Å². The molecule has 0 amide bonds. The molecule has 0 unspecified atom stereocenters. The highest BCUT2D eigenvalue weighted by Gasteiger charge is 2.47. The highest BCUT2D eigenvalue weighted by atomic mass is 15.2. The number of nitrogens with zero attached hydrogens (tertiary/aromatic N) is 2. The summed E-state index contributed by atoms with van der Waals surface area (Å²) >= 11 is 0. The van der Waals surface area contributed by atoms with Gasteiger partial charge in [0.15, 0.2) is 5.96 Å². The maximum absolute atomic E-state index is 5.72. The van der Waals surface area contributed by atoms with E-state index in [0.717, 1.165) is 11.8 Å². The Labute approximate surface area is 73.6 Å². The molecule has 2 aliphatic carbocycles. The Bertz CT molecular complexity index is 206. The minimum absolute atomic E-state index is 0.555. The summed E-state index contributed by atoms with van der Waals surface area (Å²) in [6.45, 7) is 0. The molecule has 0 bridgehead atoms. The molecule has 0 aromatic heterocycles. The lowest BCUT2D eigenvalue weighted by Crippen LogP contribution is -2.30. The second-order valence-electron chi connectivity index (χ2n) is 4.19. The average molecular weight is 167 g/mol. The van der Waals surface area contributed by atoms with E-state index in [1.807, 2.05) is 19.0 Å². The van der Waals surface area contributed by atoms with E-state index < -0.39 is 0 Å². The SMILES string of the molecule is CN(C)C(N)=N[C@@H]1C[C@H]1C1CC1. The highest BCUT2D eigenvalue weighted by molar-refractivity contribution is 5.77. The van der Waals surface area contributed by atoms with Gasteiger partial charge in [-0.2, -0.15) is 0 Å². The van der Waals surface area contributed by atoms with E-state index in [4.69, 9.17) is 5.73 Å². The fourth-order valence-electron chi connectivity index (χ4n) is 1.67. The third-order valence-corrected chi connectivity index (χ3v) is 2.79. The number of rotatable bonds is 2. The van der Waals surface area contributed by atoms with Crippen molar-refractivity contribution in [1.29, 1.82) is 0 Å². The van der Waals surface area contributed by atoms with E-state index in [1.54, 1.807) is 0 Å². The Hall–Kier alpha value is -0.730. The average Bonchev–Trinajstić information content (AvgIpc) is 2.79. The summed E-state index contributed by atoms with van der Waals surface area (Å²) in [5.41, 5.74) is 5.72. The predicted octanol–water partition coefficient (Wildman–Crippen LogP) is 0.661. The molecule has 2 fully saturated rings. The lowest BCUT2D eigenvalue weighted by Gasteiger charge is -2.09. The van der Waals surface area contributed by atoms with Crippen LogP contribution in [-0.2, 0) is 0 Å². The minimum atomic E-state index is 0.555. The summed E-state index contributed by atoms with van der Waals surface area (Å²) in [5.74, 6) is 2.56. The van der Waals surface area contributed by atoms with Gasteiger partial charge < -0.3 is 10.6 Å². The zero-order valence-electron chi connectivity index (χ0n) is 7.83. The van der Waals surface area contributed by atoms with Crippen LogP contribution in [-0.4, -0.2) is 31.0 Å². The Morgan fingerprint density at radius 3 is 2.58 bits per heavy atom. The summed E-state index contributed by atoms with van der Waals surface area (Å²) in [5, 5.41) is 0. The first-order valence-corrected chi connectivity index (χ1v) is 4.69. The van der Waals surface area contributed by atoms with E-state index >= 15 is 0 Å². The molecule has 12 heavy (non-hydrogen) atoms. The first kappa shape index (κ1) is 7.90. The molecule has 2 atom stereocenters. The van der Waals surface area contributed by atoms with E-state index in [1.165, 1.54) is 19.3 Å². The maximum atomic E-state index is 5.72. The fraction of sp³-hybridized carbons (Fsp3) is 0.889. The molecule has 0 spiro atoms. The van der Waals surface area contributed by atoms with Crippen LogP contribution in [0.15, 0.2) is 4.99 Å². The van der Waals surface area contributed by atoms with Gasteiger partial charge in [0.2, 0.25) is 0 Å². The molecule has 0 aromatic rings. The number of guanidine groups is 1. The maximum Gasteiger partial charge on any atom is 0.191 e. The van der Waals surface area contributed by atoms with Crippen molar-refractivity contribution < 1.29 is 0 Å². The predicted molar refractivity (Wildman–Crippen MR) is 49.9 cm³/mol. The summed E-state index contributed by atoms with van der Waals surface area (Å²) in [7, 11) is 3.88. The van der Waals surface area contributed by atoms with Crippen molar-refractivity contribution in [3.8, 4) is 0 Å². The standard InChI is InChI=1S/C9H17N3/c1-12(2)9(10)11-8-5-7(8)6-3-4-6/h6-8H,3-5H2,1-2H3,(H2,10,11)/t7-,8+/m0/s1. The van der Waals surface area contributed by atoms with Crippen LogP contribution in [0, 0.1) is 11.8 Å². The van der Waals surface area contributed by atoms with E-state index in [-0.39, 0.29) is 0 Å². The smallest absolute Gasteiger partial charge is 0.191 e. The second-order valence-corrected chi connectivity index (χ2v) is 4.19. The Morgan fingerprint density at radius 1 is 1.42 bits per heavy atom. The number of nitrogens with two attached hydrogens (primary N) is 1. The van der Waals surface area contributed by atoms with Gasteiger partial charge in [-0.3, -0.25) is 0 Å². The Morgan fingerprint density at radius 2 is 2.08 bits per heavy atom. The molecular formula is C9H17N3. The first-order chi connectivity index (χ1) is 5.68. The van der Waals surface area contributed by atoms with Crippen molar-refractivity contribution in [2.45, 2.75) is 25.3 Å². The van der Waals surface area contributed by atoms with Gasteiger partial charge in [-0.1, -0.05) is 0 Å². The number of hydrogen-bond donors (Lipinski definition) is 1. The molecule has 2 rings (SSSR count). The lowest BCUT2D eigenvalue weighted by atomic mass is 10.3. The molecule has 0 radical (unpaired) electrons. The Balaban J connectivity index is 1.84. The third-order valence-electron chi connectivity index (χ3n) is 2.79. The van der Waals surface area contributed by atoms with Gasteiger partial charge in [0.1, 0.15) is 0 Å².